The third kappa shape index (κ3) is 7.18. The predicted octanol–water partition coefficient (Wildman–Crippen LogP) is 5.35. The van der Waals surface area contributed by atoms with Gasteiger partial charge >= 0.3 is 0 Å². The average molecular weight is 566 g/mol. The summed E-state index contributed by atoms with van der Waals surface area (Å²) >= 11 is 6.82. The second-order valence-corrected chi connectivity index (χ2v) is 9.79. The van der Waals surface area contributed by atoms with E-state index in [2.05, 4.69) is 10.6 Å². The first-order valence-electron chi connectivity index (χ1n) is 11.7. The Morgan fingerprint density at radius 2 is 1.74 bits per heavy atom. The summed E-state index contributed by atoms with van der Waals surface area (Å²) in [7, 11) is 1.48. The van der Waals surface area contributed by atoms with Crippen LogP contribution in [0.15, 0.2) is 71.6 Å². The fourth-order valence-corrected chi connectivity index (χ4v) is 4.68. The summed E-state index contributed by atoms with van der Waals surface area (Å²) in [6, 6.07) is 18.9. The number of imide groups is 1. The van der Waals surface area contributed by atoms with Gasteiger partial charge in [0, 0.05) is 11.4 Å². The number of nitrogens with zero attached hydrogens (tertiary/aromatic N) is 1. The third-order valence-corrected chi connectivity index (χ3v) is 6.78. The lowest BCUT2D eigenvalue weighted by atomic mass is 10.2. The molecule has 0 aromatic heterocycles. The summed E-state index contributed by atoms with van der Waals surface area (Å²) in [4.78, 5) is 50.9. The molecule has 4 amide bonds. The largest absolute Gasteiger partial charge is 0.495 e. The molecule has 0 spiro atoms. The standard InChI is InChI=1S/C28H24ClN3O6S/c1-17-5-3-4-6-22(17)31-26(34)16-38-20-10-7-18(8-11-20)13-24-27(35)32(28(36)39-24)15-25(33)30-19-9-12-23(37-2)21(29)14-19/h3-14H,15-16H2,1-2H3,(H,30,33)(H,31,34)/b24-13-. The van der Waals surface area contributed by atoms with E-state index in [1.54, 1.807) is 42.5 Å². The minimum Gasteiger partial charge on any atom is -0.495 e. The number of para-hydroxylation sites is 1. The Hall–Kier alpha value is -4.28. The Morgan fingerprint density at radius 3 is 2.44 bits per heavy atom. The number of carbonyl (C=O) groups excluding carboxylic acids is 4. The zero-order chi connectivity index (χ0) is 27.9. The van der Waals surface area contributed by atoms with Gasteiger partial charge in [-0.1, -0.05) is 41.9 Å². The number of amides is 4. The van der Waals surface area contributed by atoms with Crippen molar-refractivity contribution < 1.29 is 28.7 Å². The zero-order valence-corrected chi connectivity index (χ0v) is 22.6. The first kappa shape index (κ1) is 27.7. The second kappa shape index (κ2) is 12.5. The molecule has 2 N–H and O–H groups in total. The predicted molar refractivity (Wildman–Crippen MR) is 151 cm³/mol. The number of nitrogens with one attached hydrogen (secondary N) is 2. The van der Waals surface area contributed by atoms with Gasteiger partial charge in [-0.05, 0) is 72.3 Å². The summed E-state index contributed by atoms with van der Waals surface area (Å²) in [5, 5.41) is 5.17. The van der Waals surface area contributed by atoms with Gasteiger partial charge < -0.3 is 20.1 Å². The quantitative estimate of drug-likeness (QED) is 0.336. The topological polar surface area (TPSA) is 114 Å². The van der Waals surface area contributed by atoms with Crippen molar-refractivity contribution in [3.63, 3.8) is 0 Å². The number of thioether (sulfide) groups is 1. The lowest BCUT2D eigenvalue weighted by Gasteiger charge is -2.13. The SMILES string of the molecule is COc1ccc(NC(=O)CN2C(=O)S/C(=C\c3ccc(OCC(=O)Nc4ccccc4C)cc3)C2=O)cc1Cl. The number of ether oxygens (including phenoxy) is 2. The molecule has 1 aliphatic heterocycles. The highest BCUT2D eigenvalue weighted by Crippen LogP contribution is 2.32. The summed E-state index contributed by atoms with van der Waals surface area (Å²) in [5.74, 6) is -0.487. The summed E-state index contributed by atoms with van der Waals surface area (Å²) in [6.07, 6.45) is 1.56. The smallest absolute Gasteiger partial charge is 0.294 e. The molecular weight excluding hydrogens is 542 g/mol. The van der Waals surface area contributed by atoms with Crippen LogP contribution in [0, 0.1) is 6.92 Å². The molecule has 200 valence electrons. The molecular formula is C28H24ClN3O6S. The molecule has 1 aliphatic rings. The molecule has 0 unspecified atom stereocenters. The molecule has 4 rings (SSSR count). The van der Waals surface area contributed by atoms with E-state index in [9.17, 15) is 19.2 Å². The monoisotopic (exact) mass is 565 g/mol. The van der Waals surface area contributed by atoms with E-state index in [0.29, 0.717) is 27.8 Å². The van der Waals surface area contributed by atoms with E-state index in [0.717, 1.165) is 27.9 Å². The maximum Gasteiger partial charge on any atom is 0.294 e. The maximum atomic E-state index is 12.8. The van der Waals surface area contributed by atoms with Crippen LogP contribution >= 0.6 is 23.4 Å². The molecule has 3 aromatic rings. The molecule has 0 saturated carbocycles. The highest BCUT2D eigenvalue weighted by molar-refractivity contribution is 8.18. The Balaban J connectivity index is 1.31. The average Bonchev–Trinajstić information content (AvgIpc) is 3.17. The molecule has 0 bridgehead atoms. The summed E-state index contributed by atoms with van der Waals surface area (Å²) in [5.41, 5.74) is 2.72. The zero-order valence-electron chi connectivity index (χ0n) is 21.0. The molecule has 1 heterocycles. The Kier molecular flexibility index (Phi) is 8.90. The van der Waals surface area contributed by atoms with Gasteiger partial charge in [-0.25, -0.2) is 0 Å². The van der Waals surface area contributed by atoms with Crippen molar-refractivity contribution in [3.8, 4) is 11.5 Å². The van der Waals surface area contributed by atoms with E-state index in [1.807, 2.05) is 31.2 Å². The lowest BCUT2D eigenvalue weighted by Crippen LogP contribution is -2.36. The number of hydrogen-bond acceptors (Lipinski definition) is 7. The van der Waals surface area contributed by atoms with Gasteiger partial charge in [-0.15, -0.1) is 0 Å². The van der Waals surface area contributed by atoms with E-state index in [-0.39, 0.29) is 17.4 Å². The van der Waals surface area contributed by atoms with Gasteiger partial charge in [-0.3, -0.25) is 24.1 Å². The number of benzene rings is 3. The molecule has 3 aromatic carbocycles. The second-order valence-electron chi connectivity index (χ2n) is 8.39. The van der Waals surface area contributed by atoms with Crippen molar-refractivity contribution in [1.82, 2.24) is 4.90 Å². The normalized spacial score (nSPS) is 13.9. The molecule has 9 nitrogen and oxygen atoms in total. The molecule has 1 fully saturated rings. The van der Waals surface area contributed by atoms with Crippen molar-refractivity contribution in [2.45, 2.75) is 6.92 Å². The fourth-order valence-electron chi connectivity index (χ4n) is 3.58. The minimum atomic E-state index is -0.568. The first-order valence-corrected chi connectivity index (χ1v) is 12.9. The van der Waals surface area contributed by atoms with Crippen LogP contribution in [0.25, 0.3) is 6.08 Å². The summed E-state index contributed by atoms with van der Waals surface area (Å²) < 4.78 is 10.6. The van der Waals surface area contributed by atoms with Crippen LogP contribution in [0.3, 0.4) is 0 Å². The van der Waals surface area contributed by atoms with E-state index in [4.69, 9.17) is 21.1 Å². The van der Waals surface area contributed by atoms with Crippen LogP contribution in [0.5, 0.6) is 11.5 Å². The number of methoxy groups -OCH3 is 1. The van der Waals surface area contributed by atoms with Gasteiger partial charge in [0.15, 0.2) is 6.61 Å². The Morgan fingerprint density at radius 1 is 1.00 bits per heavy atom. The highest BCUT2D eigenvalue weighted by atomic mass is 35.5. The maximum absolute atomic E-state index is 12.8. The van der Waals surface area contributed by atoms with Crippen LogP contribution in [-0.4, -0.2) is 48.1 Å². The third-order valence-electron chi connectivity index (χ3n) is 5.58. The van der Waals surface area contributed by atoms with Crippen molar-refractivity contribution in [3.05, 3.63) is 87.8 Å². The number of anilines is 2. The lowest BCUT2D eigenvalue weighted by molar-refractivity contribution is -0.127. The van der Waals surface area contributed by atoms with Crippen LogP contribution < -0.4 is 20.1 Å². The molecule has 1 saturated heterocycles. The van der Waals surface area contributed by atoms with Crippen LogP contribution in [0.4, 0.5) is 16.2 Å². The van der Waals surface area contributed by atoms with Gasteiger partial charge in [0.25, 0.3) is 17.1 Å². The van der Waals surface area contributed by atoms with Gasteiger partial charge in [-0.2, -0.15) is 0 Å². The number of rotatable bonds is 9. The Labute approximate surface area is 234 Å². The van der Waals surface area contributed by atoms with Crippen molar-refractivity contribution in [2.75, 3.05) is 30.9 Å². The molecule has 0 atom stereocenters. The first-order chi connectivity index (χ1) is 18.7. The van der Waals surface area contributed by atoms with Crippen LogP contribution in [0.1, 0.15) is 11.1 Å². The molecule has 0 aliphatic carbocycles. The van der Waals surface area contributed by atoms with Gasteiger partial charge in [0.1, 0.15) is 18.0 Å². The van der Waals surface area contributed by atoms with Gasteiger partial charge in [0.05, 0.1) is 17.0 Å². The van der Waals surface area contributed by atoms with E-state index >= 15 is 0 Å². The number of halogens is 1. The molecule has 39 heavy (non-hydrogen) atoms. The van der Waals surface area contributed by atoms with Crippen molar-refractivity contribution >= 4 is 63.8 Å². The van der Waals surface area contributed by atoms with Crippen LogP contribution in [0.2, 0.25) is 5.02 Å². The summed E-state index contributed by atoms with van der Waals surface area (Å²) in [6.45, 7) is 1.29. The molecule has 0 radical (unpaired) electrons. The number of aryl methyl sites for hydroxylation is 1. The Bertz CT molecular complexity index is 1460. The van der Waals surface area contributed by atoms with Crippen LogP contribution in [-0.2, 0) is 14.4 Å². The molecule has 11 heteroatoms. The van der Waals surface area contributed by atoms with E-state index < -0.39 is 23.6 Å². The van der Waals surface area contributed by atoms with Gasteiger partial charge in [0.2, 0.25) is 5.91 Å². The number of carbonyl (C=O) groups is 4. The highest BCUT2D eigenvalue weighted by Gasteiger charge is 2.36. The van der Waals surface area contributed by atoms with Crippen molar-refractivity contribution in [2.24, 2.45) is 0 Å². The number of hydrogen-bond donors (Lipinski definition) is 2. The minimum absolute atomic E-state index is 0.169. The van der Waals surface area contributed by atoms with E-state index in [1.165, 1.54) is 13.2 Å². The van der Waals surface area contributed by atoms with Crippen molar-refractivity contribution in [1.29, 1.82) is 0 Å². The fraction of sp³-hybridized carbons (Fsp3) is 0.143.